The second-order valence-electron chi connectivity index (χ2n) is 6.87. The summed E-state index contributed by atoms with van der Waals surface area (Å²) in [5, 5.41) is 12.6. The van der Waals surface area contributed by atoms with E-state index >= 15 is 0 Å². The molecule has 0 bridgehead atoms. The lowest BCUT2D eigenvalue weighted by atomic mass is 10.0. The summed E-state index contributed by atoms with van der Waals surface area (Å²) in [5.74, 6) is 0. The number of rotatable bonds is 13. The van der Waals surface area contributed by atoms with Crippen molar-refractivity contribution in [1.82, 2.24) is 16.0 Å². The van der Waals surface area contributed by atoms with Crippen LogP contribution in [0, 0.1) is 0 Å². The number of nitrogens with one attached hydrogen (secondary N) is 3. The Bertz CT molecular complexity index is 721. The molecule has 2 aromatic carbocycles. The molecule has 0 fully saturated rings. The maximum atomic E-state index is 10.6. The van der Waals surface area contributed by atoms with Crippen LogP contribution in [-0.2, 0) is 11.3 Å². The van der Waals surface area contributed by atoms with E-state index in [-0.39, 0.29) is 0 Å². The third kappa shape index (κ3) is 7.06. The summed E-state index contributed by atoms with van der Waals surface area (Å²) in [6.07, 6.45) is 7.19. The smallest absolute Gasteiger partial charge is 0.207 e. The third-order valence-electron chi connectivity index (χ3n) is 4.72. The number of carbonyl (C=O) groups is 1. The first-order valence-corrected chi connectivity index (χ1v) is 10.1. The van der Waals surface area contributed by atoms with E-state index in [0.717, 1.165) is 50.9 Å². The molecule has 0 aliphatic carbocycles. The van der Waals surface area contributed by atoms with Gasteiger partial charge in [0, 0.05) is 18.3 Å². The normalized spacial score (nSPS) is 12.7. The molecule has 2 rings (SSSR count). The highest BCUT2D eigenvalue weighted by atomic mass is 16.1. The SMILES string of the molecule is CC/C=C(\CNC=O)NC(CCC)CCNCc1cccc2ccccc12. The van der Waals surface area contributed by atoms with Gasteiger partial charge >= 0.3 is 0 Å². The average Bonchev–Trinajstić information content (AvgIpc) is 2.69. The minimum atomic E-state index is 0.418. The standard InChI is InChI=1S/C23H33N3O/c1-3-8-21(26-22(9-4-2)17-25-18-27)14-15-24-16-20-12-7-11-19-10-5-6-13-23(19)20/h5-7,9-13,18,21,24,26H,3-4,8,14-17H2,1-2H3,(H,25,27)/b22-9+. The molecule has 2 aromatic rings. The van der Waals surface area contributed by atoms with Gasteiger partial charge in [0.15, 0.2) is 0 Å². The van der Waals surface area contributed by atoms with Crippen molar-refractivity contribution in [2.75, 3.05) is 13.1 Å². The molecular formula is C23H33N3O. The predicted octanol–water partition coefficient (Wildman–Crippen LogP) is 4.12. The molecule has 0 saturated heterocycles. The molecule has 3 N–H and O–H groups in total. The molecule has 0 aliphatic heterocycles. The molecule has 4 nitrogen and oxygen atoms in total. The van der Waals surface area contributed by atoms with Crippen LogP contribution in [0.1, 0.15) is 45.1 Å². The molecular weight excluding hydrogens is 334 g/mol. The highest BCUT2D eigenvalue weighted by molar-refractivity contribution is 5.85. The topological polar surface area (TPSA) is 53.2 Å². The first kappa shape index (κ1) is 21.0. The van der Waals surface area contributed by atoms with E-state index in [4.69, 9.17) is 0 Å². The van der Waals surface area contributed by atoms with Crippen molar-refractivity contribution in [1.29, 1.82) is 0 Å². The van der Waals surface area contributed by atoms with Crippen LogP contribution < -0.4 is 16.0 Å². The molecule has 0 aliphatic rings. The largest absolute Gasteiger partial charge is 0.384 e. The first-order chi connectivity index (χ1) is 13.3. The summed E-state index contributed by atoms with van der Waals surface area (Å²) in [6, 6.07) is 15.4. The van der Waals surface area contributed by atoms with E-state index in [1.807, 2.05) is 0 Å². The van der Waals surface area contributed by atoms with Crippen molar-refractivity contribution in [3.05, 3.63) is 59.8 Å². The lowest BCUT2D eigenvalue weighted by Crippen LogP contribution is -2.35. The molecule has 27 heavy (non-hydrogen) atoms. The zero-order valence-electron chi connectivity index (χ0n) is 16.6. The Morgan fingerprint density at radius 3 is 2.67 bits per heavy atom. The summed E-state index contributed by atoms with van der Waals surface area (Å²) in [6.45, 7) is 6.74. The van der Waals surface area contributed by atoms with E-state index in [9.17, 15) is 4.79 Å². The summed E-state index contributed by atoms with van der Waals surface area (Å²) in [5.41, 5.74) is 2.45. The highest BCUT2D eigenvalue weighted by Gasteiger charge is 2.09. The van der Waals surface area contributed by atoms with Gasteiger partial charge in [-0.25, -0.2) is 0 Å². The van der Waals surface area contributed by atoms with Crippen molar-refractivity contribution in [3.63, 3.8) is 0 Å². The van der Waals surface area contributed by atoms with Crippen molar-refractivity contribution in [3.8, 4) is 0 Å². The van der Waals surface area contributed by atoms with Crippen LogP contribution in [0.5, 0.6) is 0 Å². The van der Waals surface area contributed by atoms with E-state index in [1.54, 1.807) is 0 Å². The van der Waals surface area contributed by atoms with E-state index in [2.05, 4.69) is 78.3 Å². The number of carbonyl (C=O) groups excluding carboxylic acids is 1. The molecule has 0 saturated carbocycles. The van der Waals surface area contributed by atoms with Gasteiger partial charge in [-0.15, -0.1) is 0 Å². The van der Waals surface area contributed by atoms with Crippen LogP contribution in [0.3, 0.4) is 0 Å². The van der Waals surface area contributed by atoms with Gasteiger partial charge in [-0.1, -0.05) is 68.8 Å². The van der Waals surface area contributed by atoms with Crippen LogP contribution in [-0.4, -0.2) is 25.5 Å². The number of allylic oxidation sites excluding steroid dienone is 1. The van der Waals surface area contributed by atoms with E-state index in [1.165, 1.54) is 16.3 Å². The van der Waals surface area contributed by atoms with Crippen LogP contribution in [0.2, 0.25) is 0 Å². The van der Waals surface area contributed by atoms with Crippen LogP contribution in [0.15, 0.2) is 54.2 Å². The number of benzene rings is 2. The molecule has 146 valence electrons. The lowest BCUT2D eigenvalue weighted by molar-refractivity contribution is -0.109. The Balaban J connectivity index is 1.86. The van der Waals surface area contributed by atoms with Crippen molar-refractivity contribution < 1.29 is 4.79 Å². The lowest BCUT2D eigenvalue weighted by Gasteiger charge is -2.22. The summed E-state index contributed by atoms with van der Waals surface area (Å²) in [7, 11) is 0. The fourth-order valence-corrected chi connectivity index (χ4v) is 3.43. The highest BCUT2D eigenvalue weighted by Crippen LogP contribution is 2.18. The van der Waals surface area contributed by atoms with Gasteiger partial charge in [0.2, 0.25) is 6.41 Å². The molecule has 0 radical (unpaired) electrons. The number of hydrogen-bond acceptors (Lipinski definition) is 3. The second kappa shape index (κ2) is 12.1. The Labute approximate surface area is 163 Å². The number of hydrogen-bond donors (Lipinski definition) is 3. The van der Waals surface area contributed by atoms with Gasteiger partial charge in [0.05, 0.1) is 6.54 Å². The van der Waals surface area contributed by atoms with Gasteiger partial charge in [-0.3, -0.25) is 4.79 Å². The maximum absolute atomic E-state index is 10.6. The first-order valence-electron chi connectivity index (χ1n) is 10.1. The Kier molecular flexibility index (Phi) is 9.42. The maximum Gasteiger partial charge on any atom is 0.207 e. The predicted molar refractivity (Wildman–Crippen MR) is 115 cm³/mol. The van der Waals surface area contributed by atoms with Crippen LogP contribution in [0.25, 0.3) is 10.8 Å². The van der Waals surface area contributed by atoms with Crippen LogP contribution >= 0.6 is 0 Å². The molecule has 1 unspecified atom stereocenters. The van der Waals surface area contributed by atoms with Crippen molar-refractivity contribution >= 4 is 17.2 Å². The quantitative estimate of drug-likeness (QED) is 0.369. The van der Waals surface area contributed by atoms with Gasteiger partial charge in [0.1, 0.15) is 0 Å². The van der Waals surface area contributed by atoms with Gasteiger partial charge < -0.3 is 16.0 Å². The second-order valence-corrected chi connectivity index (χ2v) is 6.87. The fraction of sp³-hybridized carbons (Fsp3) is 0.435. The summed E-state index contributed by atoms with van der Waals surface area (Å²) >= 11 is 0. The molecule has 0 heterocycles. The fourth-order valence-electron chi connectivity index (χ4n) is 3.43. The Hall–Kier alpha value is -2.33. The minimum Gasteiger partial charge on any atom is -0.384 e. The third-order valence-corrected chi connectivity index (χ3v) is 4.72. The van der Waals surface area contributed by atoms with E-state index in [0.29, 0.717) is 12.6 Å². The molecule has 1 amide bonds. The van der Waals surface area contributed by atoms with Crippen LogP contribution in [0.4, 0.5) is 0 Å². The van der Waals surface area contributed by atoms with E-state index < -0.39 is 0 Å². The monoisotopic (exact) mass is 367 g/mol. The summed E-state index contributed by atoms with van der Waals surface area (Å²) in [4.78, 5) is 10.6. The molecule has 4 heteroatoms. The zero-order valence-corrected chi connectivity index (χ0v) is 16.6. The summed E-state index contributed by atoms with van der Waals surface area (Å²) < 4.78 is 0. The Morgan fingerprint density at radius 2 is 1.89 bits per heavy atom. The molecule has 0 aromatic heterocycles. The van der Waals surface area contributed by atoms with Gasteiger partial charge in [-0.2, -0.15) is 0 Å². The zero-order chi connectivity index (χ0) is 19.3. The van der Waals surface area contributed by atoms with Crippen molar-refractivity contribution in [2.45, 2.75) is 52.1 Å². The van der Waals surface area contributed by atoms with Gasteiger partial charge in [-0.05, 0) is 42.1 Å². The number of amides is 1. The Morgan fingerprint density at radius 1 is 1.07 bits per heavy atom. The average molecular weight is 368 g/mol. The van der Waals surface area contributed by atoms with Gasteiger partial charge in [0.25, 0.3) is 0 Å². The minimum absolute atomic E-state index is 0.418. The molecule has 0 spiro atoms. The van der Waals surface area contributed by atoms with Crippen molar-refractivity contribution in [2.24, 2.45) is 0 Å². The number of fused-ring (bicyclic) bond motifs is 1. The molecule has 1 atom stereocenters.